The van der Waals surface area contributed by atoms with Gasteiger partial charge >= 0.3 is 0 Å². The zero-order chi connectivity index (χ0) is 34.2. The number of hydrogen-bond donors (Lipinski definition) is 6. The van der Waals surface area contributed by atoms with Gasteiger partial charge in [-0.3, -0.25) is 0 Å². The second-order valence-electron chi connectivity index (χ2n) is 11.9. The maximum atomic E-state index is 9.34. The quantitative estimate of drug-likeness (QED) is 0.0575. The smallest absolute Gasteiger partial charge is 0.176 e. The van der Waals surface area contributed by atoms with Gasteiger partial charge in [0.15, 0.2) is 17.9 Å². The SMILES string of the molecule is C=C(C)C(O)Cl.C=C(C)C(O)OCCCCC1COC(C)(C)O1.CC1(C)OCC(CCCCO)O1.OCCCCC(O)CO. The van der Waals surface area contributed by atoms with Crippen LogP contribution in [-0.2, 0) is 23.7 Å². The predicted molar refractivity (Wildman–Crippen MR) is 172 cm³/mol. The average molecular weight is 659 g/mol. The first-order valence-electron chi connectivity index (χ1n) is 15.6. The molecule has 2 heterocycles. The van der Waals surface area contributed by atoms with Crippen LogP contribution in [0.1, 0.15) is 99.3 Å². The summed E-state index contributed by atoms with van der Waals surface area (Å²) < 4.78 is 27.3. The lowest BCUT2D eigenvalue weighted by molar-refractivity contribution is -0.139. The highest BCUT2D eigenvalue weighted by atomic mass is 35.5. The molecule has 264 valence electrons. The Morgan fingerprint density at radius 1 is 0.773 bits per heavy atom. The van der Waals surface area contributed by atoms with Gasteiger partial charge in [-0.2, -0.15) is 0 Å². The molecule has 0 saturated carbocycles. The van der Waals surface area contributed by atoms with Crippen molar-refractivity contribution in [2.45, 2.75) is 141 Å². The van der Waals surface area contributed by atoms with Gasteiger partial charge in [-0.25, -0.2) is 0 Å². The lowest BCUT2D eigenvalue weighted by Crippen LogP contribution is -2.21. The van der Waals surface area contributed by atoms with E-state index < -0.39 is 29.5 Å². The summed E-state index contributed by atoms with van der Waals surface area (Å²) in [5, 5.41) is 51.6. The average Bonchev–Trinajstić information content (AvgIpc) is 3.48. The molecule has 44 heavy (non-hydrogen) atoms. The second-order valence-corrected chi connectivity index (χ2v) is 12.3. The third-order valence-corrected chi connectivity index (χ3v) is 6.62. The Kier molecular flexibility index (Phi) is 27.3. The molecule has 2 aliphatic rings. The normalized spacial score (nSPS) is 21.8. The number of unbranched alkanes of at least 4 members (excludes halogenated alkanes) is 3. The second kappa shape index (κ2) is 26.4. The van der Waals surface area contributed by atoms with Gasteiger partial charge in [-0.1, -0.05) is 24.8 Å². The van der Waals surface area contributed by atoms with Crippen molar-refractivity contribution in [2.24, 2.45) is 0 Å². The van der Waals surface area contributed by atoms with Crippen molar-refractivity contribution >= 4 is 11.6 Å². The number of halogens is 1. The molecule has 0 spiro atoms. The first-order chi connectivity index (χ1) is 20.5. The highest BCUT2D eigenvalue weighted by molar-refractivity contribution is 6.21. The largest absolute Gasteiger partial charge is 0.396 e. The summed E-state index contributed by atoms with van der Waals surface area (Å²) in [5.74, 6) is -0.832. The number of hydrogen-bond acceptors (Lipinski definition) is 11. The molecule has 11 nitrogen and oxygen atoms in total. The van der Waals surface area contributed by atoms with Crippen molar-refractivity contribution in [3.8, 4) is 0 Å². The maximum Gasteiger partial charge on any atom is 0.176 e. The van der Waals surface area contributed by atoms with Crippen LogP contribution in [0.5, 0.6) is 0 Å². The Balaban J connectivity index is 0. The van der Waals surface area contributed by atoms with Gasteiger partial charge in [-0.05, 0) is 110 Å². The minimum atomic E-state index is -0.870. The van der Waals surface area contributed by atoms with E-state index in [-0.39, 0.29) is 32.0 Å². The molecular formula is C32H63ClO11. The van der Waals surface area contributed by atoms with Gasteiger partial charge < -0.3 is 54.3 Å². The van der Waals surface area contributed by atoms with Crippen LogP contribution < -0.4 is 0 Å². The van der Waals surface area contributed by atoms with Crippen molar-refractivity contribution in [1.29, 1.82) is 0 Å². The Morgan fingerprint density at radius 3 is 1.55 bits per heavy atom. The van der Waals surface area contributed by atoms with Crippen LogP contribution in [0.3, 0.4) is 0 Å². The Hall–Kier alpha value is -0.670. The highest BCUT2D eigenvalue weighted by Crippen LogP contribution is 2.26. The summed E-state index contributed by atoms with van der Waals surface area (Å²) in [5.41, 5.74) is 0.348. The molecule has 0 aromatic carbocycles. The van der Waals surface area contributed by atoms with Gasteiger partial charge in [0.25, 0.3) is 0 Å². The van der Waals surface area contributed by atoms with E-state index in [4.69, 9.17) is 60.8 Å². The number of ether oxygens (including phenoxy) is 5. The topological polar surface area (TPSA) is 168 Å². The summed E-state index contributed by atoms with van der Waals surface area (Å²) in [6.45, 7) is 20.3. The minimum Gasteiger partial charge on any atom is -0.396 e. The first-order valence-corrected chi connectivity index (χ1v) is 16.0. The molecule has 5 atom stereocenters. The zero-order valence-electron chi connectivity index (χ0n) is 28.0. The van der Waals surface area contributed by atoms with E-state index in [9.17, 15) is 5.11 Å². The molecular weight excluding hydrogens is 596 g/mol. The van der Waals surface area contributed by atoms with E-state index in [1.807, 2.05) is 27.7 Å². The van der Waals surface area contributed by atoms with Crippen LogP contribution in [0.4, 0.5) is 0 Å². The van der Waals surface area contributed by atoms with Crippen LogP contribution in [0.2, 0.25) is 0 Å². The van der Waals surface area contributed by atoms with Crippen LogP contribution >= 0.6 is 11.6 Å². The van der Waals surface area contributed by atoms with Crippen molar-refractivity contribution in [3.05, 3.63) is 24.3 Å². The third-order valence-electron chi connectivity index (χ3n) is 6.25. The number of aliphatic hydroxyl groups excluding tert-OH is 6. The maximum absolute atomic E-state index is 9.34. The molecule has 0 aliphatic carbocycles. The van der Waals surface area contributed by atoms with Gasteiger partial charge in [-0.15, -0.1) is 0 Å². The molecule has 0 bridgehead atoms. The summed E-state index contributed by atoms with van der Waals surface area (Å²) in [6.07, 6.45) is 6.80. The van der Waals surface area contributed by atoms with Gasteiger partial charge in [0.2, 0.25) is 0 Å². The highest BCUT2D eigenvalue weighted by Gasteiger charge is 2.32. The molecule has 0 amide bonds. The van der Waals surface area contributed by atoms with E-state index in [1.165, 1.54) is 0 Å². The standard InChI is InChI=1S/C13H24O4.C9H18O3.C6H14O3.C4H7ClO/c1-10(2)12(14)15-8-6-5-7-11-9-16-13(3,4)17-11;1-9(2)11-7-8(12-9)5-3-4-6-10;7-4-2-1-3-6(9)5-8;1-3(2)4(5)6/h11-12,14H,1,5-9H2,2-4H3;8,10H,3-7H2,1-2H3;6-9H,1-5H2;4,6H,1H2,2H3. The zero-order valence-corrected chi connectivity index (χ0v) is 28.8. The predicted octanol–water partition coefficient (Wildman–Crippen LogP) is 4.14. The van der Waals surface area contributed by atoms with E-state index in [0.29, 0.717) is 43.8 Å². The first kappa shape index (κ1) is 45.5. The molecule has 0 radical (unpaired) electrons. The number of rotatable bonds is 17. The van der Waals surface area contributed by atoms with E-state index >= 15 is 0 Å². The van der Waals surface area contributed by atoms with Crippen LogP contribution in [0, 0.1) is 0 Å². The third kappa shape index (κ3) is 27.6. The summed E-state index contributed by atoms with van der Waals surface area (Å²) in [6, 6.07) is 0. The molecule has 2 fully saturated rings. The molecule has 2 aliphatic heterocycles. The minimum absolute atomic E-state index is 0.165. The molecule has 2 rings (SSSR count). The van der Waals surface area contributed by atoms with Gasteiger partial charge in [0.1, 0.15) is 5.56 Å². The molecule has 2 saturated heterocycles. The van der Waals surface area contributed by atoms with E-state index in [0.717, 1.165) is 44.9 Å². The van der Waals surface area contributed by atoms with Crippen LogP contribution in [-0.4, -0.2) is 112 Å². The van der Waals surface area contributed by atoms with Crippen molar-refractivity contribution in [2.75, 3.05) is 39.6 Å². The van der Waals surface area contributed by atoms with Crippen molar-refractivity contribution < 1.29 is 54.3 Å². The fraction of sp³-hybridized carbons (Fsp3) is 0.875. The van der Waals surface area contributed by atoms with E-state index in [2.05, 4.69) is 13.2 Å². The van der Waals surface area contributed by atoms with Gasteiger partial charge in [0.05, 0.1) is 44.7 Å². The summed E-state index contributed by atoms with van der Waals surface area (Å²) in [7, 11) is 0. The Bertz CT molecular complexity index is 718. The molecule has 5 unspecified atom stereocenters. The molecule has 0 aromatic rings. The fourth-order valence-corrected chi connectivity index (χ4v) is 3.69. The Labute approximate surface area is 270 Å². The summed E-state index contributed by atoms with van der Waals surface area (Å²) in [4.78, 5) is 0. The lowest BCUT2D eigenvalue weighted by atomic mass is 10.2. The lowest BCUT2D eigenvalue weighted by Gasteiger charge is -2.17. The van der Waals surface area contributed by atoms with Gasteiger partial charge in [0, 0.05) is 13.2 Å². The molecule has 6 N–H and O–H groups in total. The van der Waals surface area contributed by atoms with Crippen LogP contribution in [0.15, 0.2) is 24.3 Å². The van der Waals surface area contributed by atoms with Crippen LogP contribution in [0.25, 0.3) is 0 Å². The van der Waals surface area contributed by atoms with E-state index in [1.54, 1.807) is 13.8 Å². The number of alkyl halides is 1. The van der Waals surface area contributed by atoms with Crippen molar-refractivity contribution in [1.82, 2.24) is 0 Å². The molecule has 0 aromatic heterocycles. The molecule has 12 heteroatoms. The fourth-order valence-electron chi connectivity index (χ4n) is 3.69. The Morgan fingerprint density at radius 2 is 1.20 bits per heavy atom. The monoisotopic (exact) mass is 658 g/mol. The summed E-state index contributed by atoms with van der Waals surface area (Å²) >= 11 is 5.07. The number of aliphatic hydroxyl groups is 6. The van der Waals surface area contributed by atoms with Crippen molar-refractivity contribution in [3.63, 3.8) is 0 Å².